The molecule has 45 heavy (non-hydrogen) atoms. The van der Waals surface area contributed by atoms with Gasteiger partial charge in [0.25, 0.3) is 11.8 Å². The molecule has 0 bridgehead atoms. The number of fused-ring (bicyclic) bond motifs is 1. The molecule has 0 aromatic heterocycles. The zero-order valence-electron chi connectivity index (χ0n) is 23.4. The van der Waals surface area contributed by atoms with Crippen LogP contribution < -0.4 is 15.4 Å². The van der Waals surface area contributed by atoms with Gasteiger partial charge in [-0.25, -0.2) is 13.2 Å². The van der Waals surface area contributed by atoms with Crippen molar-refractivity contribution in [3.05, 3.63) is 58.4 Å². The van der Waals surface area contributed by atoms with Gasteiger partial charge in [0.1, 0.15) is 6.04 Å². The Hall–Kier alpha value is -4.48. The molecule has 2 aliphatic heterocycles. The molecule has 2 aliphatic rings. The smallest absolute Gasteiger partial charge is 0.313 e. The Morgan fingerprint density at radius 2 is 1.42 bits per heavy atom. The maximum Gasteiger partial charge on any atom is 0.313 e. The quantitative estimate of drug-likeness (QED) is 0.0563. The van der Waals surface area contributed by atoms with Crippen LogP contribution in [-0.4, -0.2) is 86.7 Å². The molecular formula is C28H26F5N3O9. The summed E-state index contributed by atoms with van der Waals surface area (Å²) in [5, 5.41) is 5.17. The summed E-state index contributed by atoms with van der Waals surface area (Å²) in [6, 6.07) is 3.61. The van der Waals surface area contributed by atoms with Crippen molar-refractivity contribution in [1.29, 1.82) is 0 Å². The second kappa shape index (κ2) is 15.0. The van der Waals surface area contributed by atoms with Gasteiger partial charge in [0.05, 0.1) is 57.2 Å². The van der Waals surface area contributed by atoms with E-state index in [1.165, 1.54) is 6.07 Å². The Labute approximate surface area is 251 Å². The van der Waals surface area contributed by atoms with Crippen molar-refractivity contribution in [2.24, 2.45) is 0 Å². The highest BCUT2D eigenvalue weighted by atomic mass is 19.2. The number of benzene rings is 2. The number of amides is 4. The molecule has 2 heterocycles. The molecule has 2 aromatic carbocycles. The van der Waals surface area contributed by atoms with Crippen molar-refractivity contribution in [2.75, 3.05) is 51.5 Å². The van der Waals surface area contributed by atoms with Crippen molar-refractivity contribution < 1.29 is 64.9 Å². The predicted molar refractivity (Wildman–Crippen MR) is 141 cm³/mol. The molecule has 0 saturated carbocycles. The monoisotopic (exact) mass is 643 g/mol. The number of anilines is 1. The first kappa shape index (κ1) is 33.4. The highest BCUT2D eigenvalue weighted by Crippen LogP contribution is 2.32. The van der Waals surface area contributed by atoms with Gasteiger partial charge < -0.3 is 24.3 Å². The third-order valence-electron chi connectivity index (χ3n) is 6.61. The molecule has 0 radical (unpaired) electrons. The molecular weight excluding hydrogens is 617 g/mol. The number of nitrogens with one attached hydrogen (secondary N) is 2. The van der Waals surface area contributed by atoms with Gasteiger partial charge in [-0.15, -0.1) is 0 Å². The Kier molecular flexibility index (Phi) is 11.1. The number of esters is 1. The van der Waals surface area contributed by atoms with E-state index in [9.17, 15) is 45.9 Å². The highest BCUT2D eigenvalue weighted by Gasteiger charge is 2.45. The van der Waals surface area contributed by atoms with E-state index in [1.54, 1.807) is 12.1 Å². The minimum absolute atomic E-state index is 0.0130. The molecule has 0 spiro atoms. The molecule has 2 aromatic rings. The van der Waals surface area contributed by atoms with Gasteiger partial charge in [0.15, 0.2) is 0 Å². The van der Waals surface area contributed by atoms with Gasteiger partial charge in [-0.3, -0.25) is 34.2 Å². The number of carbonyl (C=O) groups excluding carboxylic acids is 5. The summed E-state index contributed by atoms with van der Waals surface area (Å²) in [5.74, 6) is -16.8. The van der Waals surface area contributed by atoms with Gasteiger partial charge in [-0.1, -0.05) is 6.07 Å². The fourth-order valence-electron chi connectivity index (χ4n) is 4.46. The van der Waals surface area contributed by atoms with Crippen LogP contribution in [0.15, 0.2) is 18.2 Å². The number of halogens is 5. The zero-order valence-corrected chi connectivity index (χ0v) is 23.4. The van der Waals surface area contributed by atoms with Crippen LogP contribution in [0.2, 0.25) is 0 Å². The minimum Gasteiger partial charge on any atom is -0.420 e. The summed E-state index contributed by atoms with van der Waals surface area (Å²) in [5.41, 5.74) is 0.653. The first-order valence-corrected chi connectivity index (χ1v) is 13.6. The lowest BCUT2D eigenvalue weighted by molar-refractivity contribution is -0.137. The molecule has 1 saturated heterocycles. The summed E-state index contributed by atoms with van der Waals surface area (Å²) in [4.78, 5) is 62.2. The van der Waals surface area contributed by atoms with Crippen LogP contribution in [0.25, 0.3) is 0 Å². The summed E-state index contributed by atoms with van der Waals surface area (Å²) >= 11 is 0. The second-order valence-electron chi connectivity index (χ2n) is 9.56. The van der Waals surface area contributed by atoms with E-state index in [-0.39, 0.29) is 70.2 Å². The lowest BCUT2D eigenvalue weighted by Crippen LogP contribution is -2.54. The summed E-state index contributed by atoms with van der Waals surface area (Å²) in [7, 11) is 0. The molecule has 12 nitrogen and oxygen atoms in total. The molecule has 17 heteroatoms. The number of ether oxygens (including phenoxy) is 4. The van der Waals surface area contributed by atoms with Gasteiger partial charge in [0, 0.05) is 18.7 Å². The van der Waals surface area contributed by atoms with Crippen LogP contribution in [0, 0.1) is 29.1 Å². The molecule has 2 N–H and O–H groups in total. The lowest BCUT2D eigenvalue weighted by atomic mass is 10.0. The number of hydrogen-bond acceptors (Lipinski definition) is 10. The SMILES string of the molecule is O=C1CCC(N2C(=O)c3cccc(NCCOCCOCCOCCC(=O)Oc4c(F)c(F)c(F)c(F)c4F)c3C2=O)C(=O)N1. The molecule has 4 rings (SSSR count). The number of imide groups is 2. The Balaban J connectivity index is 1.08. The van der Waals surface area contributed by atoms with E-state index in [0.29, 0.717) is 5.69 Å². The van der Waals surface area contributed by atoms with Crippen LogP contribution in [0.1, 0.15) is 40.0 Å². The molecule has 4 amide bonds. The lowest BCUT2D eigenvalue weighted by Gasteiger charge is -2.27. The Morgan fingerprint density at radius 3 is 2.07 bits per heavy atom. The molecule has 242 valence electrons. The zero-order chi connectivity index (χ0) is 32.7. The fraction of sp³-hybridized carbons (Fsp3) is 0.393. The summed E-state index contributed by atoms with van der Waals surface area (Å²) in [6.07, 6.45) is -0.472. The van der Waals surface area contributed by atoms with E-state index in [1.807, 2.05) is 0 Å². The molecule has 1 atom stereocenters. The van der Waals surface area contributed by atoms with Crippen molar-refractivity contribution in [1.82, 2.24) is 10.2 Å². The first-order valence-electron chi connectivity index (χ1n) is 13.6. The maximum absolute atomic E-state index is 13.6. The first-order chi connectivity index (χ1) is 21.5. The van der Waals surface area contributed by atoms with Crippen molar-refractivity contribution in [2.45, 2.75) is 25.3 Å². The van der Waals surface area contributed by atoms with E-state index in [2.05, 4.69) is 15.4 Å². The van der Waals surface area contributed by atoms with E-state index in [0.717, 1.165) is 4.90 Å². The predicted octanol–water partition coefficient (Wildman–Crippen LogP) is 2.24. The highest BCUT2D eigenvalue weighted by molar-refractivity contribution is 6.25. The largest absolute Gasteiger partial charge is 0.420 e. The van der Waals surface area contributed by atoms with Crippen LogP contribution in [0.3, 0.4) is 0 Å². The summed E-state index contributed by atoms with van der Waals surface area (Å²) < 4.78 is 86.6. The van der Waals surface area contributed by atoms with Crippen molar-refractivity contribution >= 4 is 35.3 Å². The summed E-state index contributed by atoms with van der Waals surface area (Å²) in [6.45, 7) is 0.643. The number of carbonyl (C=O) groups is 5. The fourth-order valence-corrected chi connectivity index (χ4v) is 4.46. The second-order valence-corrected chi connectivity index (χ2v) is 9.56. The van der Waals surface area contributed by atoms with Crippen LogP contribution >= 0.6 is 0 Å². The number of hydrogen-bond donors (Lipinski definition) is 2. The topological polar surface area (TPSA) is 150 Å². The third-order valence-corrected chi connectivity index (χ3v) is 6.61. The van der Waals surface area contributed by atoms with Crippen LogP contribution in [0.4, 0.5) is 27.6 Å². The number of nitrogens with zero attached hydrogens (tertiary/aromatic N) is 1. The van der Waals surface area contributed by atoms with Gasteiger partial charge in [0.2, 0.25) is 46.6 Å². The molecule has 1 fully saturated rings. The van der Waals surface area contributed by atoms with Crippen molar-refractivity contribution in [3.63, 3.8) is 0 Å². The normalized spacial score (nSPS) is 16.2. The number of piperidine rings is 1. The van der Waals surface area contributed by atoms with E-state index in [4.69, 9.17) is 14.2 Å². The van der Waals surface area contributed by atoms with Crippen LogP contribution in [0.5, 0.6) is 5.75 Å². The van der Waals surface area contributed by atoms with Crippen molar-refractivity contribution in [3.8, 4) is 5.75 Å². The van der Waals surface area contributed by atoms with Gasteiger partial charge >= 0.3 is 5.97 Å². The molecule has 0 aliphatic carbocycles. The Morgan fingerprint density at radius 1 is 0.822 bits per heavy atom. The standard InChI is InChI=1S/C28H26F5N3O9/c29-20-21(30)23(32)25(24(33)22(20)31)45-18(38)6-8-42-10-12-44-13-11-43-9-7-34-15-3-1-2-14-19(15)28(41)36(27(14)40)16-4-5-17(37)35-26(16)39/h1-3,16,34H,4-13H2,(H,35,37,39). The van der Waals surface area contributed by atoms with E-state index < -0.39 is 76.9 Å². The van der Waals surface area contributed by atoms with Gasteiger partial charge in [-0.05, 0) is 18.6 Å². The van der Waals surface area contributed by atoms with Crippen LogP contribution in [-0.2, 0) is 28.6 Å². The number of rotatable bonds is 15. The average molecular weight is 644 g/mol. The van der Waals surface area contributed by atoms with Gasteiger partial charge in [-0.2, -0.15) is 8.78 Å². The third kappa shape index (κ3) is 7.61. The van der Waals surface area contributed by atoms with E-state index >= 15 is 0 Å². The average Bonchev–Trinajstić information content (AvgIpc) is 3.27. The maximum atomic E-state index is 13.6. The minimum atomic E-state index is -2.37. The Bertz CT molecular complexity index is 1480. The molecule has 1 unspecified atom stereocenters.